The van der Waals surface area contributed by atoms with E-state index in [1.54, 1.807) is 42.9 Å². The molecule has 156 valence electrons. The van der Waals surface area contributed by atoms with Gasteiger partial charge in [0.05, 0.1) is 12.2 Å². The average molecular weight is 405 g/mol. The zero-order chi connectivity index (χ0) is 21.6. The van der Waals surface area contributed by atoms with Gasteiger partial charge in [0, 0.05) is 12.4 Å². The number of amides is 1. The van der Waals surface area contributed by atoms with E-state index in [1.165, 1.54) is 5.56 Å². The van der Waals surface area contributed by atoms with Gasteiger partial charge in [0.2, 0.25) is 5.88 Å². The lowest BCUT2D eigenvalue weighted by atomic mass is 9.87. The molecular formula is C24H27N3O3. The largest absolute Gasteiger partial charge is 0.491 e. The summed E-state index contributed by atoms with van der Waals surface area (Å²) in [6.07, 6.45) is 4.80. The van der Waals surface area contributed by atoms with Crippen molar-refractivity contribution in [3.63, 3.8) is 0 Å². The first-order valence-corrected chi connectivity index (χ1v) is 9.90. The number of carbonyl (C=O) groups excluding carboxylic acids is 1. The topological polar surface area (TPSA) is 73.3 Å². The van der Waals surface area contributed by atoms with Crippen LogP contribution in [0.4, 0.5) is 0 Å². The molecule has 3 rings (SSSR count). The Labute approximate surface area is 177 Å². The molecule has 1 atom stereocenters. The van der Waals surface area contributed by atoms with E-state index in [2.05, 4.69) is 48.2 Å². The number of pyridine rings is 2. The molecule has 1 aromatic carbocycles. The van der Waals surface area contributed by atoms with Gasteiger partial charge in [0.15, 0.2) is 0 Å². The summed E-state index contributed by atoms with van der Waals surface area (Å²) in [7, 11) is 0. The molecule has 0 radical (unpaired) electrons. The van der Waals surface area contributed by atoms with Crippen LogP contribution in [0.1, 0.15) is 43.6 Å². The van der Waals surface area contributed by atoms with Gasteiger partial charge in [0.25, 0.3) is 5.91 Å². The van der Waals surface area contributed by atoms with Crippen molar-refractivity contribution < 1.29 is 14.3 Å². The zero-order valence-electron chi connectivity index (χ0n) is 17.8. The molecule has 1 N–H and O–H groups in total. The van der Waals surface area contributed by atoms with Crippen molar-refractivity contribution in [2.75, 3.05) is 6.61 Å². The predicted octanol–water partition coefficient (Wildman–Crippen LogP) is 4.76. The van der Waals surface area contributed by atoms with Crippen molar-refractivity contribution in [1.29, 1.82) is 0 Å². The van der Waals surface area contributed by atoms with Crippen molar-refractivity contribution >= 4 is 5.91 Å². The molecule has 1 amide bonds. The van der Waals surface area contributed by atoms with Crippen LogP contribution < -0.4 is 14.8 Å². The average Bonchev–Trinajstić information content (AvgIpc) is 2.73. The van der Waals surface area contributed by atoms with Crippen LogP contribution in [-0.4, -0.2) is 28.5 Å². The molecule has 6 nitrogen and oxygen atoms in total. The van der Waals surface area contributed by atoms with Crippen LogP contribution in [0.25, 0.3) is 0 Å². The van der Waals surface area contributed by atoms with Gasteiger partial charge in [-0.2, -0.15) is 0 Å². The van der Waals surface area contributed by atoms with E-state index in [4.69, 9.17) is 9.47 Å². The number of benzene rings is 1. The molecule has 0 fully saturated rings. The minimum atomic E-state index is -0.277. The van der Waals surface area contributed by atoms with Gasteiger partial charge in [0.1, 0.15) is 23.7 Å². The lowest BCUT2D eigenvalue weighted by Crippen LogP contribution is -2.37. The summed E-state index contributed by atoms with van der Waals surface area (Å²) < 4.78 is 11.5. The summed E-state index contributed by atoms with van der Waals surface area (Å²) in [5.74, 6) is 1.24. The highest BCUT2D eigenvalue weighted by molar-refractivity contribution is 5.96. The third-order valence-corrected chi connectivity index (χ3v) is 4.46. The second-order valence-corrected chi connectivity index (χ2v) is 8.11. The molecule has 2 heterocycles. The number of carbonyl (C=O) groups is 1. The Hall–Kier alpha value is -3.41. The zero-order valence-corrected chi connectivity index (χ0v) is 17.8. The number of hydrogen-bond donors (Lipinski definition) is 1. The summed E-state index contributed by atoms with van der Waals surface area (Å²) in [5, 5.41) is 2.93. The molecule has 6 heteroatoms. The SMILES string of the molecule is CC(COc1ccc(C(C)(C)C)cc1)NC(=O)c1cccnc1Oc1cccnc1. The van der Waals surface area contributed by atoms with Crippen LogP contribution in [0.3, 0.4) is 0 Å². The maximum atomic E-state index is 12.7. The number of nitrogens with zero attached hydrogens (tertiary/aromatic N) is 2. The van der Waals surface area contributed by atoms with Crippen LogP contribution in [0.5, 0.6) is 17.4 Å². The van der Waals surface area contributed by atoms with Crippen molar-refractivity contribution in [2.24, 2.45) is 0 Å². The standard InChI is InChI=1S/C24H27N3O3/c1-17(16-29-19-11-9-18(10-12-19)24(2,3)4)27-22(28)21-8-6-14-26-23(21)30-20-7-5-13-25-15-20/h5-15,17H,16H2,1-4H3,(H,27,28). The summed E-state index contributed by atoms with van der Waals surface area (Å²) in [4.78, 5) is 20.9. The van der Waals surface area contributed by atoms with E-state index in [-0.39, 0.29) is 23.2 Å². The van der Waals surface area contributed by atoms with Crippen LogP contribution in [0, 0.1) is 0 Å². The number of aromatic nitrogens is 2. The van der Waals surface area contributed by atoms with Gasteiger partial charge in [-0.05, 0) is 54.3 Å². The Kier molecular flexibility index (Phi) is 6.67. The van der Waals surface area contributed by atoms with Gasteiger partial charge < -0.3 is 14.8 Å². The van der Waals surface area contributed by atoms with Crippen molar-refractivity contribution in [2.45, 2.75) is 39.2 Å². The molecule has 0 saturated carbocycles. The van der Waals surface area contributed by atoms with Crippen LogP contribution >= 0.6 is 0 Å². The van der Waals surface area contributed by atoms with E-state index in [0.717, 1.165) is 5.75 Å². The third-order valence-electron chi connectivity index (χ3n) is 4.46. The Bertz CT molecular complexity index is 967. The Balaban J connectivity index is 1.58. The normalized spacial score (nSPS) is 12.1. The maximum Gasteiger partial charge on any atom is 0.257 e. The van der Waals surface area contributed by atoms with Crippen molar-refractivity contribution in [1.82, 2.24) is 15.3 Å². The summed E-state index contributed by atoms with van der Waals surface area (Å²) in [5.41, 5.74) is 1.69. The number of ether oxygens (including phenoxy) is 2. The first kappa shape index (κ1) is 21.3. The third kappa shape index (κ3) is 5.80. The molecule has 0 bridgehead atoms. The number of nitrogens with one attached hydrogen (secondary N) is 1. The summed E-state index contributed by atoms with van der Waals surface area (Å²) >= 11 is 0. The van der Waals surface area contributed by atoms with Gasteiger partial charge in [-0.15, -0.1) is 0 Å². The molecule has 0 saturated heterocycles. The van der Waals surface area contributed by atoms with E-state index in [9.17, 15) is 4.79 Å². The van der Waals surface area contributed by atoms with Gasteiger partial charge >= 0.3 is 0 Å². The molecule has 0 aliphatic carbocycles. The van der Waals surface area contributed by atoms with Crippen LogP contribution in [-0.2, 0) is 5.41 Å². The van der Waals surface area contributed by atoms with Crippen LogP contribution in [0.2, 0.25) is 0 Å². The number of hydrogen-bond acceptors (Lipinski definition) is 5. The molecule has 0 spiro atoms. The maximum absolute atomic E-state index is 12.7. The Morgan fingerprint density at radius 3 is 2.43 bits per heavy atom. The quantitative estimate of drug-likeness (QED) is 0.613. The fraction of sp³-hybridized carbons (Fsp3) is 0.292. The van der Waals surface area contributed by atoms with Crippen molar-refractivity contribution in [3.05, 3.63) is 78.2 Å². The van der Waals surface area contributed by atoms with Crippen molar-refractivity contribution in [3.8, 4) is 17.4 Å². The molecular weight excluding hydrogens is 378 g/mol. The van der Waals surface area contributed by atoms with E-state index >= 15 is 0 Å². The van der Waals surface area contributed by atoms with E-state index < -0.39 is 0 Å². The minimum Gasteiger partial charge on any atom is -0.491 e. The summed E-state index contributed by atoms with van der Waals surface area (Å²) in [6, 6.07) is 14.7. The first-order valence-electron chi connectivity index (χ1n) is 9.90. The van der Waals surface area contributed by atoms with E-state index in [1.807, 2.05) is 19.1 Å². The van der Waals surface area contributed by atoms with Gasteiger partial charge in [-0.25, -0.2) is 4.98 Å². The highest BCUT2D eigenvalue weighted by Gasteiger charge is 2.17. The molecule has 0 aliphatic heterocycles. The fourth-order valence-electron chi connectivity index (χ4n) is 2.78. The Morgan fingerprint density at radius 2 is 1.77 bits per heavy atom. The van der Waals surface area contributed by atoms with Gasteiger partial charge in [-0.3, -0.25) is 9.78 Å². The minimum absolute atomic E-state index is 0.0963. The second kappa shape index (κ2) is 9.39. The second-order valence-electron chi connectivity index (χ2n) is 8.11. The van der Waals surface area contributed by atoms with Gasteiger partial charge in [-0.1, -0.05) is 32.9 Å². The Morgan fingerprint density at radius 1 is 1.03 bits per heavy atom. The highest BCUT2D eigenvalue weighted by atomic mass is 16.5. The monoisotopic (exact) mass is 405 g/mol. The smallest absolute Gasteiger partial charge is 0.257 e. The molecule has 1 unspecified atom stereocenters. The highest BCUT2D eigenvalue weighted by Crippen LogP contribution is 2.24. The fourth-order valence-corrected chi connectivity index (χ4v) is 2.78. The molecule has 3 aromatic rings. The van der Waals surface area contributed by atoms with Crippen LogP contribution in [0.15, 0.2) is 67.1 Å². The van der Waals surface area contributed by atoms with E-state index in [0.29, 0.717) is 17.9 Å². The molecule has 2 aromatic heterocycles. The predicted molar refractivity (Wildman–Crippen MR) is 116 cm³/mol. The lowest BCUT2D eigenvalue weighted by Gasteiger charge is -2.20. The summed E-state index contributed by atoms with van der Waals surface area (Å²) in [6.45, 7) is 8.75. The lowest BCUT2D eigenvalue weighted by molar-refractivity contribution is 0.0923. The molecule has 30 heavy (non-hydrogen) atoms. The molecule has 0 aliphatic rings. The first-order chi connectivity index (χ1) is 14.3. The number of rotatable bonds is 7.